The van der Waals surface area contributed by atoms with Crippen molar-refractivity contribution in [3.63, 3.8) is 0 Å². The van der Waals surface area contributed by atoms with Crippen LogP contribution in [0.4, 0.5) is 11.6 Å². The lowest BCUT2D eigenvalue weighted by atomic mass is 10.2. The second-order valence-electron chi connectivity index (χ2n) is 5.36. The zero-order valence-electron chi connectivity index (χ0n) is 12.8. The average Bonchev–Trinajstić information content (AvgIpc) is 3.18. The molecule has 8 heteroatoms. The van der Waals surface area contributed by atoms with Crippen LogP contribution in [-0.2, 0) is 0 Å². The van der Waals surface area contributed by atoms with E-state index >= 15 is 0 Å². The van der Waals surface area contributed by atoms with Gasteiger partial charge in [0, 0.05) is 11.8 Å². The van der Waals surface area contributed by atoms with Crippen LogP contribution in [0.15, 0.2) is 41.3 Å². The summed E-state index contributed by atoms with van der Waals surface area (Å²) in [5, 5.41) is 8.99. The van der Waals surface area contributed by atoms with Crippen LogP contribution >= 0.6 is 0 Å². The first-order valence-corrected chi connectivity index (χ1v) is 7.39. The highest BCUT2D eigenvalue weighted by Crippen LogP contribution is 2.37. The van der Waals surface area contributed by atoms with E-state index in [-0.39, 0.29) is 5.69 Å². The molecule has 0 amide bonds. The lowest BCUT2D eigenvalue weighted by Crippen LogP contribution is -2.18. The van der Waals surface area contributed by atoms with Crippen LogP contribution in [0.2, 0.25) is 0 Å². The van der Waals surface area contributed by atoms with Crippen molar-refractivity contribution in [1.82, 2.24) is 14.5 Å². The number of hydrogen-bond donors (Lipinski definition) is 4. The molecule has 0 bridgehead atoms. The molecule has 120 valence electrons. The molecule has 1 aromatic carbocycles. The smallest absolute Gasteiger partial charge is 0.332 e. The van der Waals surface area contributed by atoms with E-state index in [4.69, 9.17) is 10.00 Å². The Bertz CT molecular complexity index is 1010. The number of aromatic amines is 2. The third-order valence-electron chi connectivity index (χ3n) is 3.80. The van der Waals surface area contributed by atoms with Crippen molar-refractivity contribution in [2.75, 3.05) is 10.9 Å². The van der Waals surface area contributed by atoms with E-state index in [2.05, 4.69) is 20.8 Å². The second-order valence-corrected chi connectivity index (χ2v) is 5.36. The third-order valence-corrected chi connectivity index (χ3v) is 3.80. The summed E-state index contributed by atoms with van der Waals surface area (Å²) in [7, 11) is 0. The first-order chi connectivity index (χ1) is 11.7. The standard InChI is InChI=1S/C16H14N6O2/c1-9(8-17)24-12-5-3-2-4-11(12)22-13-10-6-7-18-14(10)20-21-15(13)19-16(22)23/h2-7,9,18,20-21H,1H3,(H,19,23). The molecule has 3 heterocycles. The molecule has 24 heavy (non-hydrogen) atoms. The molecule has 1 atom stereocenters. The zero-order chi connectivity index (χ0) is 16.7. The number of hydrogen-bond acceptors (Lipinski definition) is 5. The predicted molar refractivity (Wildman–Crippen MR) is 89.1 cm³/mol. The number of fused-ring (bicyclic) bond motifs is 3. The maximum absolute atomic E-state index is 12.6. The van der Waals surface area contributed by atoms with Gasteiger partial charge in [0.05, 0.1) is 5.69 Å². The lowest BCUT2D eigenvalue weighted by molar-refractivity contribution is 0.275. The van der Waals surface area contributed by atoms with E-state index in [1.54, 1.807) is 31.3 Å². The number of para-hydroxylation sites is 2. The number of imidazole rings is 1. The lowest BCUT2D eigenvalue weighted by Gasteiger charge is -2.19. The van der Waals surface area contributed by atoms with Crippen molar-refractivity contribution in [3.8, 4) is 28.8 Å². The number of benzene rings is 1. The minimum Gasteiger partial charge on any atom is -0.474 e. The Morgan fingerprint density at radius 3 is 2.83 bits per heavy atom. The third kappa shape index (κ3) is 2.03. The van der Waals surface area contributed by atoms with E-state index in [0.717, 1.165) is 11.4 Å². The Balaban J connectivity index is 1.93. The molecular weight excluding hydrogens is 308 g/mol. The number of H-pyrrole nitrogens is 2. The van der Waals surface area contributed by atoms with Gasteiger partial charge in [0.2, 0.25) is 0 Å². The molecule has 1 aliphatic heterocycles. The fourth-order valence-corrected chi connectivity index (χ4v) is 2.76. The van der Waals surface area contributed by atoms with Gasteiger partial charge in [-0.3, -0.25) is 20.4 Å². The molecular formula is C16H14N6O2. The molecule has 0 spiro atoms. The van der Waals surface area contributed by atoms with E-state index in [9.17, 15) is 4.79 Å². The van der Waals surface area contributed by atoms with Crippen LogP contribution in [0, 0.1) is 11.3 Å². The summed E-state index contributed by atoms with van der Waals surface area (Å²) in [6.45, 7) is 1.65. The van der Waals surface area contributed by atoms with E-state index < -0.39 is 6.10 Å². The van der Waals surface area contributed by atoms with Crippen LogP contribution < -0.4 is 21.3 Å². The number of ether oxygens (including phenoxy) is 1. The molecule has 4 N–H and O–H groups in total. The Hall–Kier alpha value is -3.60. The minimum atomic E-state index is -0.626. The molecule has 3 aromatic rings. The van der Waals surface area contributed by atoms with Gasteiger partial charge in [0.25, 0.3) is 0 Å². The molecule has 2 aromatic heterocycles. The summed E-state index contributed by atoms with van der Waals surface area (Å²) < 4.78 is 7.19. The van der Waals surface area contributed by atoms with Gasteiger partial charge in [0.1, 0.15) is 23.3 Å². The summed E-state index contributed by atoms with van der Waals surface area (Å²) >= 11 is 0. The molecule has 0 aliphatic carbocycles. The van der Waals surface area contributed by atoms with Gasteiger partial charge in [-0.05, 0) is 25.1 Å². The van der Waals surface area contributed by atoms with Crippen LogP contribution in [0.25, 0.3) is 16.9 Å². The van der Waals surface area contributed by atoms with Gasteiger partial charge < -0.3 is 9.72 Å². The Kier molecular flexibility index (Phi) is 3.06. The van der Waals surface area contributed by atoms with Crippen molar-refractivity contribution >= 4 is 11.6 Å². The monoisotopic (exact) mass is 322 g/mol. The van der Waals surface area contributed by atoms with E-state index in [1.165, 1.54) is 4.57 Å². The number of nitrogens with one attached hydrogen (secondary N) is 4. The molecule has 0 saturated carbocycles. The van der Waals surface area contributed by atoms with Crippen LogP contribution in [0.3, 0.4) is 0 Å². The van der Waals surface area contributed by atoms with Crippen LogP contribution in [0.1, 0.15) is 6.92 Å². The van der Waals surface area contributed by atoms with Gasteiger partial charge in [-0.2, -0.15) is 5.26 Å². The number of anilines is 2. The normalized spacial score (nSPS) is 13.0. The maximum atomic E-state index is 12.6. The molecule has 1 aliphatic rings. The van der Waals surface area contributed by atoms with Gasteiger partial charge in [-0.1, -0.05) is 12.1 Å². The highest BCUT2D eigenvalue weighted by Gasteiger charge is 2.25. The molecule has 0 saturated heterocycles. The van der Waals surface area contributed by atoms with Gasteiger partial charge in [0.15, 0.2) is 11.9 Å². The molecule has 8 nitrogen and oxygen atoms in total. The van der Waals surface area contributed by atoms with Gasteiger partial charge in [-0.15, -0.1) is 0 Å². The summed E-state index contributed by atoms with van der Waals surface area (Å²) in [5.41, 5.74) is 7.75. The number of aromatic nitrogens is 3. The maximum Gasteiger partial charge on any atom is 0.332 e. The Morgan fingerprint density at radius 1 is 1.21 bits per heavy atom. The molecule has 0 fully saturated rings. The molecule has 1 unspecified atom stereocenters. The summed E-state index contributed by atoms with van der Waals surface area (Å²) in [6, 6.07) is 11.0. The van der Waals surface area contributed by atoms with E-state index in [0.29, 0.717) is 22.9 Å². The van der Waals surface area contributed by atoms with Crippen molar-refractivity contribution in [2.24, 2.45) is 0 Å². The van der Waals surface area contributed by atoms with Crippen LogP contribution in [-0.4, -0.2) is 20.6 Å². The van der Waals surface area contributed by atoms with Crippen molar-refractivity contribution in [1.29, 1.82) is 5.26 Å². The van der Waals surface area contributed by atoms with Crippen molar-refractivity contribution in [2.45, 2.75) is 13.0 Å². The summed E-state index contributed by atoms with van der Waals surface area (Å²) in [6.07, 6.45) is 1.16. The molecule has 4 rings (SSSR count). The second kappa shape index (κ2) is 5.24. The number of rotatable bonds is 3. The number of nitrogens with zero attached hydrogens (tertiary/aromatic N) is 2. The van der Waals surface area contributed by atoms with Gasteiger partial charge in [-0.25, -0.2) is 4.79 Å². The predicted octanol–water partition coefficient (Wildman–Crippen LogP) is 2.20. The highest BCUT2D eigenvalue weighted by atomic mass is 16.5. The summed E-state index contributed by atoms with van der Waals surface area (Å²) in [4.78, 5) is 18.4. The fourth-order valence-electron chi connectivity index (χ4n) is 2.76. The Labute approximate surface area is 136 Å². The van der Waals surface area contributed by atoms with E-state index in [1.807, 2.05) is 18.2 Å². The fraction of sp³-hybridized carbons (Fsp3) is 0.125. The van der Waals surface area contributed by atoms with Gasteiger partial charge >= 0.3 is 5.69 Å². The number of nitriles is 1. The largest absolute Gasteiger partial charge is 0.474 e. The minimum absolute atomic E-state index is 0.302. The summed E-state index contributed by atoms with van der Waals surface area (Å²) in [5.74, 6) is 1.79. The van der Waals surface area contributed by atoms with Crippen molar-refractivity contribution in [3.05, 3.63) is 47.0 Å². The zero-order valence-corrected chi connectivity index (χ0v) is 12.8. The SMILES string of the molecule is CC(C#N)Oc1ccccc1-n1c2c([nH]c1=O)NNc1[nH]ccc1-2. The van der Waals surface area contributed by atoms with Crippen molar-refractivity contribution < 1.29 is 4.74 Å². The first-order valence-electron chi connectivity index (χ1n) is 7.39. The number of hydrazine groups is 1. The highest BCUT2D eigenvalue weighted by molar-refractivity contribution is 5.86. The average molecular weight is 322 g/mol. The first kappa shape index (κ1) is 14.0. The van der Waals surface area contributed by atoms with Crippen LogP contribution in [0.5, 0.6) is 5.75 Å². The topological polar surface area (TPSA) is 111 Å². The Morgan fingerprint density at radius 2 is 2.00 bits per heavy atom. The quantitative estimate of drug-likeness (QED) is 0.591. The molecule has 0 radical (unpaired) electrons.